The van der Waals surface area contributed by atoms with Crippen molar-refractivity contribution in [1.29, 1.82) is 0 Å². The van der Waals surface area contributed by atoms with Gasteiger partial charge in [0.15, 0.2) is 17.2 Å². The zero-order chi connectivity index (χ0) is 30.5. The van der Waals surface area contributed by atoms with Gasteiger partial charge in [0.05, 0.1) is 11.0 Å². The molecule has 0 amide bonds. The number of fused-ring (bicyclic) bond motifs is 4. The molecule has 0 saturated carbocycles. The molecule has 0 atom stereocenters. The summed E-state index contributed by atoms with van der Waals surface area (Å²) < 4.78 is 8.34. The predicted molar refractivity (Wildman–Crippen MR) is 183 cm³/mol. The average Bonchev–Trinajstić information content (AvgIpc) is 3.72. The van der Waals surface area contributed by atoms with Gasteiger partial charge in [-0.2, -0.15) is 9.97 Å². The molecule has 0 fully saturated rings. The Bertz CT molecular complexity index is 2460. The van der Waals surface area contributed by atoms with E-state index in [-0.39, 0.29) is 0 Å². The number of para-hydroxylation sites is 3. The van der Waals surface area contributed by atoms with Crippen LogP contribution in [0, 0.1) is 0 Å². The molecule has 0 saturated heterocycles. The minimum Gasteiger partial charge on any atom is -0.436 e. The summed E-state index contributed by atoms with van der Waals surface area (Å²) in [6, 6.07) is 51.2. The van der Waals surface area contributed by atoms with E-state index in [2.05, 4.69) is 77.4 Å². The van der Waals surface area contributed by atoms with Gasteiger partial charge in [-0.1, -0.05) is 115 Å². The zero-order valence-electron chi connectivity index (χ0n) is 24.6. The Morgan fingerprint density at radius 1 is 0.413 bits per heavy atom. The maximum absolute atomic E-state index is 6.22. The molecule has 9 rings (SSSR count). The fourth-order valence-corrected chi connectivity index (χ4v) is 6.13. The minimum atomic E-state index is 0.521. The summed E-state index contributed by atoms with van der Waals surface area (Å²) in [5.41, 5.74) is 8.28. The molecule has 46 heavy (non-hydrogen) atoms. The molecule has 0 N–H and O–H groups in total. The molecular weight excluding hydrogens is 566 g/mol. The van der Waals surface area contributed by atoms with Crippen LogP contribution in [0.3, 0.4) is 0 Å². The fourth-order valence-electron chi connectivity index (χ4n) is 6.13. The Kier molecular flexibility index (Phi) is 6.03. The second-order valence-electron chi connectivity index (χ2n) is 11.1. The molecule has 0 aliphatic rings. The van der Waals surface area contributed by atoms with Crippen molar-refractivity contribution in [2.45, 2.75) is 0 Å². The van der Waals surface area contributed by atoms with Gasteiger partial charge in [0, 0.05) is 27.5 Å². The Morgan fingerprint density at radius 2 is 0.978 bits per heavy atom. The van der Waals surface area contributed by atoms with Gasteiger partial charge in [-0.15, -0.1) is 0 Å². The van der Waals surface area contributed by atoms with E-state index in [0.717, 1.165) is 49.6 Å². The lowest BCUT2D eigenvalue weighted by Gasteiger charge is -2.11. The lowest BCUT2D eigenvalue weighted by Crippen LogP contribution is -2.06. The maximum Gasteiger partial charge on any atom is 0.238 e. The van der Waals surface area contributed by atoms with Crippen LogP contribution < -0.4 is 0 Å². The van der Waals surface area contributed by atoms with Gasteiger partial charge in [-0.25, -0.2) is 9.97 Å². The highest BCUT2D eigenvalue weighted by Crippen LogP contribution is 2.35. The third-order valence-corrected chi connectivity index (χ3v) is 8.33. The Balaban J connectivity index is 1.28. The molecular formula is C40H25N5O. The van der Waals surface area contributed by atoms with Crippen molar-refractivity contribution in [3.05, 3.63) is 152 Å². The van der Waals surface area contributed by atoms with Crippen LogP contribution in [0.1, 0.15) is 0 Å². The van der Waals surface area contributed by atoms with Crippen LogP contribution in [0.15, 0.2) is 156 Å². The molecule has 6 aromatic carbocycles. The third-order valence-electron chi connectivity index (χ3n) is 8.33. The molecule has 6 nitrogen and oxygen atoms in total. The van der Waals surface area contributed by atoms with E-state index < -0.39 is 0 Å². The first-order chi connectivity index (χ1) is 22.8. The van der Waals surface area contributed by atoms with Crippen molar-refractivity contribution in [2.24, 2.45) is 0 Å². The van der Waals surface area contributed by atoms with E-state index in [1.165, 1.54) is 0 Å². The van der Waals surface area contributed by atoms with Crippen LogP contribution >= 0.6 is 0 Å². The second kappa shape index (κ2) is 10.6. The maximum atomic E-state index is 6.22. The molecule has 3 heterocycles. The SMILES string of the molecule is c1ccc(-c2ccc(-c3nc(-c4cccc5oc(-c6ccccc6)nc45)nc(-n4c5ccccc5c5ccccc54)n3)cc2)cc1. The molecule has 9 aromatic rings. The topological polar surface area (TPSA) is 69.6 Å². The number of benzene rings is 6. The lowest BCUT2D eigenvalue weighted by atomic mass is 10.0. The first-order valence-electron chi connectivity index (χ1n) is 15.2. The summed E-state index contributed by atoms with van der Waals surface area (Å²) >= 11 is 0. The number of hydrogen-bond donors (Lipinski definition) is 0. The van der Waals surface area contributed by atoms with Crippen LogP contribution in [-0.4, -0.2) is 24.5 Å². The Hall–Kier alpha value is -6.40. The Labute approximate surface area is 264 Å². The van der Waals surface area contributed by atoms with E-state index in [1.807, 2.05) is 78.9 Å². The standard InChI is InChI=1S/C40H25N5O/c1-3-12-26(13-4-1)27-22-24-28(25-23-27)37-42-38(32-18-11-21-35-36(32)41-39(46-35)29-14-5-2-6-15-29)44-40(43-37)45-33-19-9-7-16-30(33)31-17-8-10-20-34(31)45/h1-25H. The van der Waals surface area contributed by atoms with Crippen LogP contribution in [0.4, 0.5) is 0 Å². The summed E-state index contributed by atoms with van der Waals surface area (Å²) in [4.78, 5) is 20.2. The minimum absolute atomic E-state index is 0.521. The van der Waals surface area contributed by atoms with Crippen molar-refractivity contribution in [1.82, 2.24) is 24.5 Å². The molecule has 0 spiro atoms. The lowest BCUT2D eigenvalue weighted by molar-refractivity contribution is 0.620. The van der Waals surface area contributed by atoms with Gasteiger partial charge in [0.25, 0.3) is 0 Å². The fraction of sp³-hybridized carbons (Fsp3) is 0. The Morgan fingerprint density at radius 3 is 1.67 bits per heavy atom. The molecule has 0 bridgehead atoms. The van der Waals surface area contributed by atoms with Crippen molar-refractivity contribution in [2.75, 3.05) is 0 Å². The van der Waals surface area contributed by atoms with Crippen molar-refractivity contribution < 1.29 is 4.42 Å². The van der Waals surface area contributed by atoms with Gasteiger partial charge < -0.3 is 4.42 Å². The van der Waals surface area contributed by atoms with E-state index in [1.54, 1.807) is 0 Å². The highest BCUT2D eigenvalue weighted by atomic mass is 16.3. The first-order valence-corrected chi connectivity index (χ1v) is 15.2. The number of aromatic nitrogens is 5. The molecule has 0 unspecified atom stereocenters. The number of nitrogens with zero attached hydrogens (tertiary/aromatic N) is 5. The molecule has 3 aromatic heterocycles. The molecule has 216 valence electrons. The molecule has 0 aliphatic heterocycles. The van der Waals surface area contributed by atoms with E-state index in [9.17, 15) is 0 Å². The molecule has 0 aliphatic carbocycles. The van der Waals surface area contributed by atoms with Gasteiger partial charge in [-0.05, 0) is 47.5 Å². The summed E-state index contributed by atoms with van der Waals surface area (Å²) in [7, 11) is 0. The highest BCUT2D eigenvalue weighted by Gasteiger charge is 2.20. The third kappa shape index (κ3) is 4.35. The second-order valence-corrected chi connectivity index (χ2v) is 11.1. The van der Waals surface area contributed by atoms with Crippen LogP contribution in [-0.2, 0) is 0 Å². The van der Waals surface area contributed by atoms with Gasteiger partial charge in [0.2, 0.25) is 11.8 Å². The smallest absolute Gasteiger partial charge is 0.238 e. The highest BCUT2D eigenvalue weighted by molar-refractivity contribution is 6.09. The van der Waals surface area contributed by atoms with E-state index >= 15 is 0 Å². The number of oxazole rings is 1. The zero-order valence-corrected chi connectivity index (χ0v) is 24.6. The predicted octanol–water partition coefficient (Wildman–Crippen LogP) is 9.78. The number of rotatable bonds is 5. The van der Waals surface area contributed by atoms with Crippen LogP contribution in [0.25, 0.3) is 84.2 Å². The van der Waals surface area contributed by atoms with Crippen molar-refractivity contribution >= 4 is 32.9 Å². The van der Waals surface area contributed by atoms with Gasteiger partial charge >= 0.3 is 0 Å². The molecule has 6 heteroatoms. The first kappa shape index (κ1) is 26.0. The number of hydrogen-bond acceptors (Lipinski definition) is 5. The normalized spacial score (nSPS) is 11.5. The van der Waals surface area contributed by atoms with E-state index in [4.69, 9.17) is 24.4 Å². The van der Waals surface area contributed by atoms with Crippen molar-refractivity contribution in [3.63, 3.8) is 0 Å². The van der Waals surface area contributed by atoms with Crippen LogP contribution in [0.2, 0.25) is 0 Å². The largest absolute Gasteiger partial charge is 0.436 e. The monoisotopic (exact) mass is 591 g/mol. The van der Waals surface area contributed by atoms with Gasteiger partial charge in [0.1, 0.15) is 5.52 Å². The summed E-state index contributed by atoms with van der Waals surface area (Å²) in [5.74, 6) is 2.18. The quantitative estimate of drug-likeness (QED) is 0.199. The van der Waals surface area contributed by atoms with E-state index in [0.29, 0.717) is 34.6 Å². The summed E-state index contributed by atoms with van der Waals surface area (Å²) in [5, 5.41) is 2.28. The molecule has 0 radical (unpaired) electrons. The van der Waals surface area contributed by atoms with Crippen molar-refractivity contribution in [3.8, 4) is 51.3 Å². The summed E-state index contributed by atoms with van der Waals surface area (Å²) in [6.45, 7) is 0. The summed E-state index contributed by atoms with van der Waals surface area (Å²) in [6.07, 6.45) is 0. The van der Waals surface area contributed by atoms with Crippen LogP contribution in [0.5, 0.6) is 0 Å². The average molecular weight is 592 g/mol. The van der Waals surface area contributed by atoms with Gasteiger partial charge in [-0.3, -0.25) is 4.57 Å².